The van der Waals surface area contributed by atoms with Crippen LogP contribution in [0.3, 0.4) is 0 Å². The Hall–Kier alpha value is -2.68. The maximum absolute atomic E-state index is 13.2. The maximum Gasteiger partial charge on any atom is 0.295 e. The van der Waals surface area contributed by atoms with Gasteiger partial charge in [-0.3, -0.25) is 14.5 Å². The predicted molar refractivity (Wildman–Crippen MR) is 137 cm³/mol. The number of rotatable bonds is 8. The molecule has 4 rings (SSSR count). The monoisotopic (exact) mass is 542 g/mol. The number of benzene rings is 2. The van der Waals surface area contributed by atoms with Crippen molar-refractivity contribution in [1.82, 2.24) is 9.80 Å². The fourth-order valence-electron chi connectivity index (χ4n) is 4.66. The largest absolute Gasteiger partial charge is 0.507 e. The number of carbonyl (C=O) groups is 2. The smallest absolute Gasteiger partial charge is 0.295 e. The highest BCUT2D eigenvalue weighted by Crippen LogP contribution is 2.40. The molecule has 2 heterocycles. The summed E-state index contributed by atoms with van der Waals surface area (Å²) in [6, 6.07) is 12.1. The van der Waals surface area contributed by atoms with Gasteiger partial charge in [0.05, 0.1) is 31.4 Å². The molecule has 8 heteroatoms. The molecule has 1 amide bonds. The van der Waals surface area contributed by atoms with Gasteiger partial charge in [0.15, 0.2) is 0 Å². The molecule has 2 saturated heterocycles. The minimum Gasteiger partial charge on any atom is -0.507 e. The highest BCUT2D eigenvalue weighted by molar-refractivity contribution is 9.10. The van der Waals surface area contributed by atoms with Crippen LogP contribution in [0, 0.1) is 6.92 Å². The Labute approximate surface area is 214 Å². The summed E-state index contributed by atoms with van der Waals surface area (Å²) in [4.78, 5) is 30.3. The number of hydrogen-bond donors (Lipinski definition) is 1. The van der Waals surface area contributed by atoms with Crippen molar-refractivity contribution in [3.05, 3.63) is 69.2 Å². The summed E-state index contributed by atoms with van der Waals surface area (Å²) in [5.74, 6) is -0.687. The fourth-order valence-corrected chi connectivity index (χ4v) is 4.93. The first-order valence-electron chi connectivity index (χ1n) is 12.0. The third-order valence-electron chi connectivity index (χ3n) is 6.45. The highest BCUT2D eigenvalue weighted by Gasteiger charge is 2.45. The lowest BCUT2D eigenvalue weighted by Crippen LogP contribution is -2.38. The summed E-state index contributed by atoms with van der Waals surface area (Å²) < 4.78 is 11.9. The average Bonchev–Trinajstić information content (AvgIpc) is 3.11. The molecule has 186 valence electrons. The Morgan fingerprint density at radius 3 is 2.49 bits per heavy atom. The molecule has 0 aromatic heterocycles. The number of carbonyl (C=O) groups excluding carboxylic acids is 2. The number of ether oxygens (including phenoxy) is 2. The van der Waals surface area contributed by atoms with Crippen LogP contribution >= 0.6 is 15.9 Å². The summed E-state index contributed by atoms with van der Waals surface area (Å²) in [5.41, 5.74) is 2.23. The molecule has 0 spiro atoms. The fraction of sp³-hybridized carbons (Fsp3) is 0.407. The number of amides is 1. The first-order valence-corrected chi connectivity index (χ1v) is 12.8. The van der Waals surface area contributed by atoms with Crippen molar-refractivity contribution in [3.8, 4) is 5.75 Å². The number of halogens is 1. The maximum atomic E-state index is 13.2. The van der Waals surface area contributed by atoms with E-state index in [1.165, 1.54) is 0 Å². The minimum absolute atomic E-state index is 0.118. The Morgan fingerprint density at radius 1 is 1.11 bits per heavy atom. The van der Waals surface area contributed by atoms with Crippen molar-refractivity contribution in [2.45, 2.75) is 26.3 Å². The van der Waals surface area contributed by atoms with Crippen molar-refractivity contribution in [3.63, 3.8) is 0 Å². The van der Waals surface area contributed by atoms with E-state index in [0.717, 1.165) is 47.4 Å². The molecular weight excluding hydrogens is 512 g/mol. The molecule has 0 bridgehead atoms. The van der Waals surface area contributed by atoms with Crippen molar-refractivity contribution >= 4 is 33.4 Å². The SMILES string of the molecule is CCOc1ccc(C(O)=C2C(=O)C(=O)N(CCCN3CCOCC3)[C@@H]2c2ccc(Br)cc2)cc1C. The van der Waals surface area contributed by atoms with Crippen LogP contribution in [0.1, 0.15) is 36.1 Å². The molecule has 1 N–H and O–H groups in total. The number of aliphatic hydroxyl groups is 1. The van der Waals surface area contributed by atoms with Crippen LogP contribution in [0.25, 0.3) is 5.76 Å². The van der Waals surface area contributed by atoms with Crippen LogP contribution in [0.5, 0.6) is 5.75 Å². The topological polar surface area (TPSA) is 79.3 Å². The van der Waals surface area contributed by atoms with Gasteiger partial charge in [0.25, 0.3) is 11.7 Å². The van der Waals surface area contributed by atoms with Crippen LogP contribution < -0.4 is 4.74 Å². The number of aliphatic hydroxyl groups excluding tert-OH is 1. The van der Waals surface area contributed by atoms with Crippen molar-refractivity contribution < 1.29 is 24.2 Å². The Kier molecular flexibility index (Phi) is 8.26. The quantitative estimate of drug-likeness (QED) is 0.304. The Bertz CT molecular complexity index is 1110. The van der Waals surface area contributed by atoms with Crippen molar-refractivity contribution in [1.29, 1.82) is 0 Å². The van der Waals surface area contributed by atoms with E-state index < -0.39 is 17.7 Å². The molecule has 0 saturated carbocycles. The molecular formula is C27H31BrN2O5. The van der Waals surface area contributed by atoms with Crippen LogP contribution in [-0.2, 0) is 14.3 Å². The number of aryl methyl sites for hydroxylation is 1. The van der Waals surface area contributed by atoms with E-state index in [-0.39, 0.29) is 11.3 Å². The van der Waals surface area contributed by atoms with Crippen LogP contribution in [0.15, 0.2) is 52.5 Å². The number of morpholine rings is 1. The summed E-state index contributed by atoms with van der Waals surface area (Å²) in [5, 5.41) is 11.3. The highest BCUT2D eigenvalue weighted by atomic mass is 79.9. The molecule has 2 aromatic rings. The summed E-state index contributed by atoms with van der Waals surface area (Å²) in [6.07, 6.45) is 0.724. The molecule has 0 aliphatic carbocycles. The third-order valence-corrected chi connectivity index (χ3v) is 6.98. The van der Waals surface area contributed by atoms with E-state index in [1.807, 2.05) is 38.1 Å². The predicted octanol–water partition coefficient (Wildman–Crippen LogP) is 4.30. The van der Waals surface area contributed by atoms with Crippen LogP contribution in [-0.4, -0.2) is 72.6 Å². The van der Waals surface area contributed by atoms with Gasteiger partial charge in [-0.1, -0.05) is 28.1 Å². The molecule has 2 fully saturated rings. The summed E-state index contributed by atoms with van der Waals surface area (Å²) in [7, 11) is 0. The lowest BCUT2D eigenvalue weighted by Gasteiger charge is -2.29. The standard InChI is InChI=1S/C27H31BrN2O5/c1-3-35-22-10-7-20(17-18(22)2)25(31)23-24(19-5-8-21(28)9-6-19)30(27(33)26(23)32)12-4-11-29-13-15-34-16-14-29/h5-10,17,24,31H,3-4,11-16H2,1-2H3/t24-/m1/s1. The molecule has 2 aliphatic rings. The van der Waals surface area contributed by atoms with Gasteiger partial charge in [-0.05, 0) is 61.7 Å². The second-order valence-electron chi connectivity index (χ2n) is 8.76. The first kappa shape index (κ1) is 25.4. The molecule has 2 aliphatic heterocycles. The molecule has 0 unspecified atom stereocenters. The zero-order valence-electron chi connectivity index (χ0n) is 20.1. The Morgan fingerprint density at radius 2 is 1.83 bits per heavy atom. The number of hydrogen-bond acceptors (Lipinski definition) is 6. The molecule has 7 nitrogen and oxygen atoms in total. The van der Waals surface area contributed by atoms with Crippen molar-refractivity contribution in [2.24, 2.45) is 0 Å². The van der Waals surface area contributed by atoms with Gasteiger partial charge in [-0.25, -0.2) is 0 Å². The van der Waals surface area contributed by atoms with E-state index in [0.29, 0.717) is 31.9 Å². The molecule has 35 heavy (non-hydrogen) atoms. The van der Waals surface area contributed by atoms with Gasteiger partial charge in [-0.15, -0.1) is 0 Å². The normalized spacial score (nSPS) is 20.4. The number of ketones is 1. The summed E-state index contributed by atoms with van der Waals surface area (Å²) >= 11 is 3.45. The van der Waals surface area contributed by atoms with Crippen LogP contribution in [0.4, 0.5) is 0 Å². The summed E-state index contributed by atoms with van der Waals surface area (Å²) in [6.45, 7) is 8.72. The van der Waals surface area contributed by atoms with Gasteiger partial charge in [-0.2, -0.15) is 0 Å². The zero-order chi connectivity index (χ0) is 24.9. The van der Waals surface area contributed by atoms with Gasteiger partial charge in [0, 0.05) is 36.2 Å². The first-order chi connectivity index (χ1) is 16.9. The van der Waals surface area contributed by atoms with E-state index in [2.05, 4.69) is 20.8 Å². The number of nitrogens with zero attached hydrogens (tertiary/aromatic N) is 2. The van der Waals surface area contributed by atoms with Crippen molar-refractivity contribution in [2.75, 3.05) is 46.0 Å². The lowest BCUT2D eigenvalue weighted by molar-refractivity contribution is -0.140. The second-order valence-corrected chi connectivity index (χ2v) is 9.68. The number of Topliss-reactive ketones (excluding diaryl/α,β-unsaturated/α-hetero) is 1. The van der Waals surface area contributed by atoms with E-state index in [1.54, 1.807) is 23.1 Å². The number of likely N-dealkylation sites (tertiary alicyclic amines) is 1. The minimum atomic E-state index is -0.659. The van der Waals surface area contributed by atoms with E-state index in [9.17, 15) is 14.7 Å². The molecule has 1 atom stereocenters. The van der Waals surface area contributed by atoms with Gasteiger partial charge in [0.1, 0.15) is 11.5 Å². The molecule has 2 aromatic carbocycles. The van der Waals surface area contributed by atoms with E-state index in [4.69, 9.17) is 9.47 Å². The van der Waals surface area contributed by atoms with Gasteiger partial charge in [0.2, 0.25) is 0 Å². The third kappa shape index (κ3) is 5.60. The van der Waals surface area contributed by atoms with Crippen LogP contribution in [0.2, 0.25) is 0 Å². The Balaban J connectivity index is 1.67. The van der Waals surface area contributed by atoms with Gasteiger partial charge < -0.3 is 19.5 Å². The van der Waals surface area contributed by atoms with E-state index >= 15 is 0 Å². The van der Waals surface area contributed by atoms with Gasteiger partial charge >= 0.3 is 0 Å². The molecule has 0 radical (unpaired) electrons. The lowest BCUT2D eigenvalue weighted by atomic mass is 9.94. The second kappa shape index (κ2) is 11.4. The zero-order valence-corrected chi connectivity index (χ0v) is 21.7. The average molecular weight is 543 g/mol.